The van der Waals surface area contributed by atoms with E-state index in [4.69, 9.17) is 5.11 Å². The van der Waals surface area contributed by atoms with Gasteiger partial charge in [-0.15, -0.1) is 11.8 Å². The molecular weight excluding hydrogens is 246 g/mol. The van der Waals surface area contributed by atoms with Crippen molar-refractivity contribution in [2.75, 3.05) is 5.75 Å². The number of thioether (sulfide) groups is 1. The summed E-state index contributed by atoms with van der Waals surface area (Å²) in [6.45, 7) is 0. The van der Waals surface area contributed by atoms with Crippen molar-refractivity contribution in [3.63, 3.8) is 0 Å². The fraction of sp³-hybridized carbons (Fsp3) is 0.143. The predicted molar refractivity (Wildman–Crippen MR) is 72.1 cm³/mol. The first-order valence-corrected chi connectivity index (χ1v) is 6.60. The Morgan fingerprint density at radius 3 is 2.56 bits per heavy atom. The molecular formula is C14H13NO2S. The fourth-order valence-corrected chi connectivity index (χ4v) is 2.35. The third-order valence-corrected chi connectivity index (χ3v) is 3.41. The molecule has 0 radical (unpaired) electrons. The number of aromatic nitrogens is 1. The van der Waals surface area contributed by atoms with Gasteiger partial charge < -0.3 is 5.11 Å². The zero-order valence-electron chi connectivity index (χ0n) is 9.74. The standard InChI is InChI=1S/C14H13NO2S/c16-14(17)12-6-7-13(15-10-12)18-9-8-11-4-2-1-3-5-11/h1-7,10H,8-9H2,(H,16,17). The molecule has 2 rings (SSSR count). The molecule has 0 amide bonds. The molecule has 4 heteroatoms. The summed E-state index contributed by atoms with van der Waals surface area (Å²) in [7, 11) is 0. The Morgan fingerprint density at radius 1 is 1.17 bits per heavy atom. The molecule has 1 heterocycles. The lowest BCUT2D eigenvalue weighted by Gasteiger charge is -2.02. The summed E-state index contributed by atoms with van der Waals surface area (Å²) in [4.78, 5) is 14.8. The SMILES string of the molecule is O=C(O)c1ccc(SCCc2ccccc2)nc1. The van der Waals surface area contributed by atoms with Gasteiger partial charge in [-0.2, -0.15) is 0 Å². The molecule has 0 aliphatic rings. The van der Waals surface area contributed by atoms with Crippen LogP contribution in [0.25, 0.3) is 0 Å². The van der Waals surface area contributed by atoms with Crippen molar-refractivity contribution in [1.29, 1.82) is 0 Å². The summed E-state index contributed by atoms with van der Waals surface area (Å²) in [5.74, 6) is -0.00740. The molecule has 0 aliphatic heterocycles. The lowest BCUT2D eigenvalue weighted by atomic mass is 10.2. The van der Waals surface area contributed by atoms with Gasteiger partial charge in [0.1, 0.15) is 0 Å². The third kappa shape index (κ3) is 3.60. The summed E-state index contributed by atoms with van der Waals surface area (Å²) in [5, 5.41) is 9.61. The maximum absolute atomic E-state index is 10.7. The van der Waals surface area contributed by atoms with Gasteiger partial charge in [0.05, 0.1) is 10.6 Å². The highest BCUT2D eigenvalue weighted by Crippen LogP contribution is 2.17. The molecule has 0 aliphatic carbocycles. The minimum atomic E-state index is -0.941. The molecule has 0 spiro atoms. The van der Waals surface area contributed by atoms with Crippen LogP contribution in [0.5, 0.6) is 0 Å². The molecule has 3 nitrogen and oxygen atoms in total. The molecule has 1 N–H and O–H groups in total. The Bertz CT molecular complexity index is 511. The predicted octanol–water partition coefficient (Wildman–Crippen LogP) is 3.11. The minimum Gasteiger partial charge on any atom is -0.478 e. The van der Waals surface area contributed by atoms with E-state index in [2.05, 4.69) is 17.1 Å². The molecule has 0 saturated heterocycles. The number of rotatable bonds is 5. The van der Waals surface area contributed by atoms with E-state index in [0.717, 1.165) is 17.2 Å². The van der Waals surface area contributed by atoms with Crippen molar-refractivity contribution in [2.45, 2.75) is 11.4 Å². The number of pyridine rings is 1. The first-order chi connectivity index (χ1) is 8.75. The zero-order valence-corrected chi connectivity index (χ0v) is 10.6. The van der Waals surface area contributed by atoms with Crippen molar-refractivity contribution < 1.29 is 9.90 Å². The largest absolute Gasteiger partial charge is 0.478 e. The van der Waals surface area contributed by atoms with Gasteiger partial charge in [-0.1, -0.05) is 30.3 Å². The van der Waals surface area contributed by atoms with Crippen molar-refractivity contribution in [3.05, 3.63) is 59.8 Å². The first-order valence-electron chi connectivity index (χ1n) is 5.62. The summed E-state index contributed by atoms with van der Waals surface area (Å²) >= 11 is 1.63. The second kappa shape index (κ2) is 6.21. The lowest BCUT2D eigenvalue weighted by Crippen LogP contribution is -1.97. The van der Waals surface area contributed by atoms with Crippen LogP contribution in [0, 0.1) is 0 Å². The summed E-state index contributed by atoms with van der Waals surface area (Å²) in [6.07, 6.45) is 2.38. The van der Waals surface area contributed by atoms with Gasteiger partial charge in [0.2, 0.25) is 0 Å². The van der Waals surface area contributed by atoms with Crippen LogP contribution in [0.2, 0.25) is 0 Å². The van der Waals surface area contributed by atoms with E-state index in [9.17, 15) is 4.79 Å². The van der Waals surface area contributed by atoms with Gasteiger partial charge in [0, 0.05) is 11.9 Å². The molecule has 0 atom stereocenters. The highest BCUT2D eigenvalue weighted by atomic mass is 32.2. The molecule has 1 aromatic heterocycles. The zero-order chi connectivity index (χ0) is 12.8. The Morgan fingerprint density at radius 2 is 1.94 bits per heavy atom. The highest BCUT2D eigenvalue weighted by Gasteiger charge is 2.03. The van der Waals surface area contributed by atoms with E-state index in [1.54, 1.807) is 23.9 Å². The topological polar surface area (TPSA) is 50.2 Å². The normalized spacial score (nSPS) is 10.2. The molecule has 1 aromatic carbocycles. The maximum atomic E-state index is 10.7. The Labute approximate surface area is 110 Å². The van der Waals surface area contributed by atoms with E-state index in [1.165, 1.54) is 11.8 Å². The third-order valence-electron chi connectivity index (χ3n) is 2.47. The summed E-state index contributed by atoms with van der Waals surface area (Å²) < 4.78 is 0. The average Bonchev–Trinajstić information content (AvgIpc) is 2.40. The van der Waals surface area contributed by atoms with E-state index >= 15 is 0 Å². The van der Waals surface area contributed by atoms with Crippen LogP contribution in [0.15, 0.2) is 53.7 Å². The van der Waals surface area contributed by atoms with Crippen molar-refractivity contribution in [3.8, 4) is 0 Å². The highest BCUT2D eigenvalue weighted by molar-refractivity contribution is 7.99. The van der Waals surface area contributed by atoms with E-state index in [1.807, 2.05) is 18.2 Å². The first kappa shape index (κ1) is 12.6. The van der Waals surface area contributed by atoms with E-state index in [0.29, 0.717) is 0 Å². The quantitative estimate of drug-likeness (QED) is 0.838. The smallest absolute Gasteiger partial charge is 0.337 e. The lowest BCUT2D eigenvalue weighted by molar-refractivity contribution is 0.0696. The average molecular weight is 259 g/mol. The molecule has 0 bridgehead atoms. The van der Waals surface area contributed by atoms with Crippen LogP contribution < -0.4 is 0 Å². The van der Waals surface area contributed by atoms with Gasteiger partial charge in [0.25, 0.3) is 0 Å². The van der Waals surface area contributed by atoms with Crippen LogP contribution in [-0.2, 0) is 6.42 Å². The van der Waals surface area contributed by atoms with E-state index < -0.39 is 5.97 Å². The van der Waals surface area contributed by atoms with Crippen molar-refractivity contribution >= 4 is 17.7 Å². The van der Waals surface area contributed by atoms with Crippen molar-refractivity contribution in [1.82, 2.24) is 4.98 Å². The summed E-state index contributed by atoms with van der Waals surface area (Å²) in [6, 6.07) is 13.6. The number of carbonyl (C=O) groups is 1. The number of aryl methyl sites for hydroxylation is 1. The number of hydrogen-bond donors (Lipinski definition) is 1. The van der Waals surface area contributed by atoms with Crippen LogP contribution in [-0.4, -0.2) is 21.8 Å². The van der Waals surface area contributed by atoms with Gasteiger partial charge in [-0.25, -0.2) is 9.78 Å². The molecule has 0 unspecified atom stereocenters. The number of aromatic carboxylic acids is 1. The van der Waals surface area contributed by atoms with Gasteiger partial charge in [0.15, 0.2) is 0 Å². The minimum absolute atomic E-state index is 0.224. The Balaban J connectivity index is 1.85. The van der Waals surface area contributed by atoms with Gasteiger partial charge >= 0.3 is 5.97 Å². The van der Waals surface area contributed by atoms with Crippen LogP contribution in [0.1, 0.15) is 15.9 Å². The molecule has 0 saturated carbocycles. The van der Waals surface area contributed by atoms with E-state index in [-0.39, 0.29) is 5.56 Å². The molecule has 0 fully saturated rings. The van der Waals surface area contributed by atoms with Crippen LogP contribution in [0.4, 0.5) is 0 Å². The van der Waals surface area contributed by atoms with Gasteiger partial charge in [-0.3, -0.25) is 0 Å². The Kier molecular flexibility index (Phi) is 4.36. The summed E-state index contributed by atoms with van der Waals surface area (Å²) in [5.41, 5.74) is 1.52. The monoisotopic (exact) mass is 259 g/mol. The second-order valence-electron chi connectivity index (χ2n) is 3.77. The van der Waals surface area contributed by atoms with Gasteiger partial charge in [-0.05, 0) is 24.1 Å². The number of carboxylic acid groups (broad SMARTS) is 1. The van der Waals surface area contributed by atoms with Crippen LogP contribution in [0.3, 0.4) is 0 Å². The second-order valence-corrected chi connectivity index (χ2v) is 4.89. The molecule has 92 valence electrons. The Hall–Kier alpha value is -1.81. The number of hydrogen-bond acceptors (Lipinski definition) is 3. The van der Waals surface area contributed by atoms with Crippen LogP contribution >= 0.6 is 11.8 Å². The number of benzene rings is 1. The number of carboxylic acids is 1. The fourth-order valence-electron chi connectivity index (χ4n) is 1.51. The molecule has 2 aromatic rings. The maximum Gasteiger partial charge on any atom is 0.337 e. The number of nitrogens with zero attached hydrogens (tertiary/aromatic N) is 1. The molecule has 18 heavy (non-hydrogen) atoms. The van der Waals surface area contributed by atoms with Crippen molar-refractivity contribution in [2.24, 2.45) is 0 Å².